The van der Waals surface area contributed by atoms with Gasteiger partial charge in [0.1, 0.15) is 5.75 Å². The van der Waals surface area contributed by atoms with E-state index in [0.717, 1.165) is 5.75 Å². The topological polar surface area (TPSA) is 58.6 Å². The molecular formula is C10H11NO3. The molecule has 4 nitrogen and oxygen atoms in total. The highest BCUT2D eigenvalue weighted by molar-refractivity contribution is 5.64. The minimum Gasteiger partial charge on any atom is -0.465 e. The van der Waals surface area contributed by atoms with Crippen molar-refractivity contribution in [3.8, 4) is 5.75 Å². The molecule has 0 atom stereocenters. The molecule has 0 saturated heterocycles. The van der Waals surface area contributed by atoms with Gasteiger partial charge in [0.15, 0.2) is 0 Å². The zero-order valence-corrected chi connectivity index (χ0v) is 7.51. The molecule has 74 valence electrons. The molecule has 0 heterocycles. The van der Waals surface area contributed by atoms with E-state index in [-0.39, 0.29) is 6.54 Å². The van der Waals surface area contributed by atoms with E-state index in [0.29, 0.717) is 0 Å². The molecule has 4 heteroatoms. The van der Waals surface area contributed by atoms with Crippen LogP contribution in [0.5, 0.6) is 5.75 Å². The lowest BCUT2D eigenvalue weighted by Gasteiger charge is -1.98. The number of nitrogens with one attached hydrogen (secondary N) is 1. The Labute approximate surface area is 81.8 Å². The third-order valence-electron chi connectivity index (χ3n) is 1.41. The molecule has 1 aromatic rings. The van der Waals surface area contributed by atoms with E-state index < -0.39 is 6.09 Å². The first-order valence-corrected chi connectivity index (χ1v) is 4.12. The first-order chi connectivity index (χ1) is 6.79. The summed E-state index contributed by atoms with van der Waals surface area (Å²) < 4.78 is 5.17. The van der Waals surface area contributed by atoms with Crippen LogP contribution >= 0.6 is 0 Å². The van der Waals surface area contributed by atoms with Crippen molar-refractivity contribution >= 4 is 6.09 Å². The fourth-order valence-electron chi connectivity index (χ4n) is 0.820. The molecule has 0 spiro atoms. The Bertz CT molecular complexity index is 308. The Morgan fingerprint density at radius 3 is 2.79 bits per heavy atom. The minimum atomic E-state index is -1.05. The molecule has 0 aliphatic rings. The maximum Gasteiger partial charge on any atom is 0.404 e. The van der Waals surface area contributed by atoms with Crippen LogP contribution in [0.3, 0.4) is 0 Å². The second-order valence-electron chi connectivity index (χ2n) is 2.49. The number of carbonyl (C=O) groups is 1. The molecule has 0 aliphatic carbocycles. The normalized spacial score (nSPS) is 10.0. The van der Waals surface area contributed by atoms with Crippen LogP contribution in [0.1, 0.15) is 0 Å². The number of hydrogen-bond acceptors (Lipinski definition) is 2. The lowest BCUT2D eigenvalue weighted by atomic mass is 10.3. The highest BCUT2D eigenvalue weighted by Crippen LogP contribution is 2.07. The largest absolute Gasteiger partial charge is 0.465 e. The predicted molar refractivity (Wildman–Crippen MR) is 52.2 cm³/mol. The van der Waals surface area contributed by atoms with Crippen LogP contribution in [-0.2, 0) is 0 Å². The fourth-order valence-corrected chi connectivity index (χ4v) is 0.820. The monoisotopic (exact) mass is 193 g/mol. The molecule has 0 fully saturated rings. The smallest absolute Gasteiger partial charge is 0.404 e. The van der Waals surface area contributed by atoms with Gasteiger partial charge in [-0.1, -0.05) is 18.2 Å². The zero-order valence-electron chi connectivity index (χ0n) is 7.51. The van der Waals surface area contributed by atoms with Gasteiger partial charge >= 0.3 is 6.09 Å². The summed E-state index contributed by atoms with van der Waals surface area (Å²) in [6, 6.07) is 9.24. The summed E-state index contributed by atoms with van der Waals surface area (Å²) in [6.45, 7) is 0.238. The van der Waals surface area contributed by atoms with Crippen molar-refractivity contribution in [1.29, 1.82) is 0 Å². The van der Waals surface area contributed by atoms with Crippen LogP contribution in [0.4, 0.5) is 4.79 Å². The van der Waals surface area contributed by atoms with Gasteiger partial charge in [0.2, 0.25) is 0 Å². The SMILES string of the molecule is O=C(O)NCC=COc1ccccc1. The number of ether oxygens (including phenoxy) is 1. The van der Waals surface area contributed by atoms with E-state index in [1.807, 2.05) is 30.3 Å². The van der Waals surface area contributed by atoms with Gasteiger partial charge in [0, 0.05) is 6.54 Å². The number of para-hydroxylation sites is 1. The Kier molecular flexibility index (Phi) is 4.07. The summed E-state index contributed by atoms with van der Waals surface area (Å²) in [5.41, 5.74) is 0. The van der Waals surface area contributed by atoms with Crippen LogP contribution in [0.2, 0.25) is 0 Å². The maximum absolute atomic E-state index is 10.0. The average molecular weight is 193 g/mol. The first kappa shape index (κ1) is 10.1. The molecule has 0 aliphatic heterocycles. The Balaban J connectivity index is 2.24. The molecule has 1 aromatic carbocycles. The van der Waals surface area contributed by atoms with Gasteiger partial charge in [0.25, 0.3) is 0 Å². The Morgan fingerprint density at radius 1 is 1.43 bits per heavy atom. The lowest BCUT2D eigenvalue weighted by molar-refractivity contribution is 0.195. The summed E-state index contributed by atoms with van der Waals surface area (Å²) in [5.74, 6) is 0.721. The van der Waals surface area contributed by atoms with Crippen molar-refractivity contribution in [2.24, 2.45) is 0 Å². The van der Waals surface area contributed by atoms with Gasteiger partial charge in [-0.25, -0.2) is 4.79 Å². The van der Waals surface area contributed by atoms with Gasteiger partial charge in [-0.2, -0.15) is 0 Å². The molecule has 1 rings (SSSR count). The number of benzene rings is 1. The summed E-state index contributed by atoms with van der Waals surface area (Å²) in [6.07, 6.45) is 1.99. The standard InChI is InChI=1S/C10H11NO3/c12-10(13)11-7-4-8-14-9-5-2-1-3-6-9/h1-6,8,11H,7H2,(H,12,13). The van der Waals surface area contributed by atoms with Crippen molar-refractivity contribution < 1.29 is 14.6 Å². The predicted octanol–water partition coefficient (Wildman–Crippen LogP) is 1.85. The van der Waals surface area contributed by atoms with Crippen molar-refractivity contribution in [2.45, 2.75) is 0 Å². The highest BCUT2D eigenvalue weighted by atomic mass is 16.5. The minimum absolute atomic E-state index is 0.238. The van der Waals surface area contributed by atoms with Crippen LogP contribution in [-0.4, -0.2) is 17.7 Å². The van der Waals surface area contributed by atoms with Crippen molar-refractivity contribution in [2.75, 3.05) is 6.54 Å². The van der Waals surface area contributed by atoms with E-state index in [1.165, 1.54) is 6.26 Å². The van der Waals surface area contributed by atoms with Gasteiger partial charge in [-0.3, -0.25) is 0 Å². The molecule has 0 saturated carbocycles. The number of hydrogen-bond donors (Lipinski definition) is 2. The molecule has 0 radical (unpaired) electrons. The molecule has 0 bridgehead atoms. The summed E-state index contributed by atoms with van der Waals surface area (Å²) in [7, 11) is 0. The van der Waals surface area contributed by atoms with Gasteiger partial charge in [-0.05, 0) is 18.2 Å². The van der Waals surface area contributed by atoms with E-state index in [4.69, 9.17) is 9.84 Å². The summed E-state index contributed by atoms with van der Waals surface area (Å²) in [5, 5.41) is 10.4. The van der Waals surface area contributed by atoms with Crippen LogP contribution in [0.25, 0.3) is 0 Å². The second-order valence-corrected chi connectivity index (χ2v) is 2.49. The van der Waals surface area contributed by atoms with Crippen molar-refractivity contribution in [3.05, 3.63) is 42.7 Å². The van der Waals surface area contributed by atoms with Gasteiger partial charge in [0.05, 0.1) is 6.26 Å². The summed E-state index contributed by atoms with van der Waals surface area (Å²) >= 11 is 0. The van der Waals surface area contributed by atoms with E-state index >= 15 is 0 Å². The zero-order chi connectivity index (χ0) is 10.2. The lowest BCUT2D eigenvalue weighted by Crippen LogP contribution is -2.20. The van der Waals surface area contributed by atoms with E-state index in [9.17, 15) is 4.79 Å². The van der Waals surface area contributed by atoms with E-state index in [2.05, 4.69) is 5.32 Å². The highest BCUT2D eigenvalue weighted by Gasteiger charge is 1.88. The maximum atomic E-state index is 10.0. The van der Waals surface area contributed by atoms with Gasteiger partial charge in [-0.15, -0.1) is 0 Å². The molecule has 1 amide bonds. The van der Waals surface area contributed by atoms with E-state index in [1.54, 1.807) is 6.08 Å². The quantitative estimate of drug-likeness (QED) is 0.717. The summed E-state index contributed by atoms with van der Waals surface area (Å²) in [4.78, 5) is 10.0. The molecule has 0 unspecified atom stereocenters. The van der Waals surface area contributed by atoms with Crippen molar-refractivity contribution in [1.82, 2.24) is 5.32 Å². The first-order valence-electron chi connectivity index (χ1n) is 4.12. The van der Waals surface area contributed by atoms with Crippen LogP contribution < -0.4 is 10.1 Å². The number of carboxylic acid groups (broad SMARTS) is 1. The molecule has 0 aromatic heterocycles. The third kappa shape index (κ3) is 4.15. The molecule has 14 heavy (non-hydrogen) atoms. The van der Waals surface area contributed by atoms with Crippen LogP contribution in [0, 0.1) is 0 Å². The number of amides is 1. The molecular weight excluding hydrogens is 182 g/mol. The van der Waals surface area contributed by atoms with Crippen LogP contribution in [0.15, 0.2) is 42.7 Å². The Hall–Kier alpha value is -1.97. The van der Waals surface area contributed by atoms with Crippen molar-refractivity contribution in [3.63, 3.8) is 0 Å². The fraction of sp³-hybridized carbons (Fsp3) is 0.100. The Morgan fingerprint density at radius 2 is 2.14 bits per heavy atom. The average Bonchev–Trinajstić information content (AvgIpc) is 2.18. The molecule has 2 N–H and O–H groups in total. The second kappa shape index (κ2) is 5.64. The van der Waals surface area contributed by atoms with Gasteiger partial charge < -0.3 is 15.2 Å². The third-order valence-corrected chi connectivity index (χ3v) is 1.41. The number of rotatable bonds is 4.